The number of furan rings is 1. The van der Waals surface area contributed by atoms with Gasteiger partial charge in [0, 0.05) is 43.8 Å². The monoisotopic (exact) mass is 774 g/mol. The summed E-state index contributed by atoms with van der Waals surface area (Å²) in [7, 11) is 0. The Morgan fingerprint density at radius 3 is 1.66 bits per heavy atom. The number of nitrogens with zero attached hydrogens (tertiary/aromatic N) is 2. The van der Waals surface area contributed by atoms with Gasteiger partial charge in [-0.05, 0) is 84.8 Å². The van der Waals surface area contributed by atoms with Crippen LogP contribution in [-0.4, -0.2) is 9.97 Å². The molecule has 13 rings (SSSR count). The first-order valence-corrected chi connectivity index (χ1v) is 20.8. The van der Waals surface area contributed by atoms with Gasteiger partial charge in [0.1, 0.15) is 11.2 Å². The Morgan fingerprint density at radius 1 is 0.279 bits per heavy atom. The summed E-state index contributed by atoms with van der Waals surface area (Å²) >= 11 is 0. The molecule has 61 heavy (non-hydrogen) atoms. The summed E-state index contributed by atoms with van der Waals surface area (Å²) in [6, 6.07) is 73.6. The third-order valence-electron chi connectivity index (χ3n) is 12.6. The molecule has 0 saturated carbocycles. The number of para-hydroxylation sites is 1. The maximum Gasteiger partial charge on any atom is 0.161 e. The first kappa shape index (κ1) is 33.8. The molecule has 1 aliphatic carbocycles. The zero-order valence-corrected chi connectivity index (χ0v) is 32.9. The highest BCUT2D eigenvalue weighted by molar-refractivity contribution is 6.27. The number of rotatable bonds is 5. The first-order chi connectivity index (χ1) is 30.2. The highest BCUT2D eigenvalue weighted by Crippen LogP contribution is 2.51. The molecular weight excluding hydrogens is 741 g/mol. The van der Waals surface area contributed by atoms with E-state index in [-0.39, 0.29) is 0 Å². The SMILES string of the molecule is c1ccc(-c2cc(-c3ccc(-c4ccc5ccccc5c4)cc3)nc(-c3ccc(-c4cccc5c4oc4c6cccc7c6c(cc54)-c4ccccc4-7)c4ccccc34)n2)cc1. The quantitative estimate of drug-likeness (QED) is 0.175. The van der Waals surface area contributed by atoms with Crippen molar-refractivity contribution in [2.24, 2.45) is 0 Å². The van der Waals surface area contributed by atoms with Gasteiger partial charge >= 0.3 is 0 Å². The van der Waals surface area contributed by atoms with Crippen LogP contribution >= 0.6 is 0 Å². The number of fused-ring (bicyclic) bond motifs is 9. The summed E-state index contributed by atoms with van der Waals surface area (Å²) in [5, 5.41) is 9.34. The second-order valence-electron chi connectivity index (χ2n) is 16.0. The molecule has 0 N–H and O–H groups in total. The predicted molar refractivity (Wildman–Crippen MR) is 253 cm³/mol. The summed E-state index contributed by atoms with van der Waals surface area (Å²) < 4.78 is 7.01. The van der Waals surface area contributed by atoms with Crippen LogP contribution in [0.3, 0.4) is 0 Å². The van der Waals surface area contributed by atoms with Crippen molar-refractivity contribution < 1.29 is 4.42 Å². The number of aromatic nitrogens is 2. The summed E-state index contributed by atoms with van der Waals surface area (Å²) in [4.78, 5) is 10.6. The van der Waals surface area contributed by atoms with E-state index in [1.165, 1.54) is 49.5 Å². The standard InChI is InChI=1S/C58H34N2O/c1-2-13-37(14-3-1)53-34-54(38-27-24-36(25-28-38)40-29-26-35-12-4-5-15-39(35)32-40)60-58(59-53)49-31-30-45(41-16-6-8-18-43(41)49)47-21-11-22-48-52-33-51-44-19-9-7-17-42(44)46-20-10-23-50(55(46)51)57(52)61-56(47)48/h1-34H. The van der Waals surface area contributed by atoms with E-state index in [0.29, 0.717) is 5.82 Å². The van der Waals surface area contributed by atoms with Gasteiger partial charge in [0.05, 0.1) is 11.4 Å². The normalized spacial score (nSPS) is 11.9. The van der Waals surface area contributed by atoms with Crippen molar-refractivity contribution in [3.8, 4) is 78.4 Å². The van der Waals surface area contributed by atoms with E-state index in [4.69, 9.17) is 14.4 Å². The van der Waals surface area contributed by atoms with Gasteiger partial charge in [0.25, 0.3) is 0 Å². The molecule has 0 saturated heterocycles. The summed E-state index contributed by atoms with van der Waals surface area (Å²) in [6.45, 7) is 0. The smallest absolute Gasteiger partial charge is 0.161 e. The van der Waals surface area contributed by atoms with Crippen LogP contribution in [0.5, 0.6) is 0 Å². The molecular formula is C58H34N2O. The molecule has 282 valence electrons. The highest BCUT2D eigenvalue weighted by atomic mass is 16.3. The summed E-state index contributed by atoms with van der Waals surface area (Å²) in [5.74, 6) is 0.684. The highest BCUT2D eigenvalue weighted by Gasteiger charge is 2.25. The lowest BCUT2D eigenvalue weighted by molar-refractivity contribution is 0.674. The lowest BCUT2D eigenvalue weighted by atomic mass is 9.93. The summed E-state index contributed by atoms with van der Waals surface area (Å²) in [6.07, 6.45) is 0. The van der Waals surface area contributed by atoms with Crippen LogP contribution in [0.25, 0.3) is 133 Å². The number of benzene rings is 10. The maximum absolute atomic E-state index is 7.01. The fourth-order valence-electron chi connectivity index (χ4n) is 9.74. The van der Waals surface area contributed by atoms with Gasteiger partial charge < -0.3 is 4.42 Å². The third-order valence-corrected chi connectivity index (χ3v) is 12.6. The molecule has 0 amide bonds. The van der Waals surface area contributed by atoms with E-state index < -0.39 is 0 Å². The summed E-state index contributed by atoms with van der Waals surface area (Å²) in [5.41, 5.74) is 16.3. The van der Waals surface area contributed by atoms with Crippen LogP contribution in [0.4, 0.5) is 0 Å². The maximum atomic E-state index is 7.01. The average Bonchev–Trinajstić information content (AvgIpc) is 3.88. The minimum atomic E-state index is 0.684. The molecule has 2 aromatic heterocycles. The average molecular weight is 775 g/mol. The van der Waals surface area contributed by atoms with Gasteiger partial charge in [-0.1, -0.05) is 182 Å². The molecule has 0 bridgehead atoms. The van der Waals surface area contributed by atoms with Gasteiger partial charge in [0.15, 0.2) is 5.82 Å². The van der Waals surface area contributed by atoms with Crippen LogP contribution in [0.1, 0.15) is 0 Å². The second kappa shape index (κ2) is 13.2. The van der Waals surface area contributed by atoms with Crippen LogP contribution in [0.15, 0.2) is 211 Å². The van der Waals surface area contributed by atoms with E-state index in [1.54, 1.807) is 0 Å². The van der Waals surface area contributed by atoms with E-state index in [9.17, 15) is 0 Å². The van der Waals surface area contributed by atoms with Gasteiger partial charge in [-0.15, -0.1) is 0 Å². The third kappa shape index (κ3) is 5.24. The Bertz CT molecular complexity index is 3750. The van der Waals surface area contributed by atoms with E-state index in [0.717, 1.165) is 77.3 Å². The van der Waals surface area contributed by atoms with Gasteiger partial charge in [0.2, 0.25) is 0 Å². The fraction of sp³-hybridized carbons (Fsp3) is 0. The van der Waals surface area contributed by atoms with Crippen molar-refractivity contribution in [2.45, 2.75) is 0 Å². The predicted octanol–water partition coefficient (Wildman–Crippen LogP) is 15.8. The molecule has 1 aliphatic rings. The lowest BCUT2D eigenvalue weighted by Gasteiger charge is -2.14. The van der Waals surface area contributed by atoms with Crippen LogP contribution < -0.4 is 0 Å². The van der Waals surface area contributed by atoms with Crippen molar-refractivity contribution in [1.82, 2.24) is 9.97 Å². The molecule has 3 heteroatoms. The Labute approximate surface area is 351 Å². The Morgan fingerprint density at radius 2 is 0.852 bits per heavy atom. The molecule has 0 radical (unpaired) electrons. The molecule has 0 atom stereocenters. The molecule has 12 aromatic rings. The molecule has 3 nitrogen and oxygen atoms in total. The molecule has 0 unspecified atom stereocenters. The van der Waals surface area contributed by atoms with Gasteiger partial charge in [-0.2, -0.15) is 0 Å². The van der Waals surface area contributed by atoms with Crippen molar-refractivity contribution >= 4 is 54.3 Å². The number of hydrogen-bond donors (Lipinski definition) is 0. The van der Waals surface area contributed by atoms with Crippen molar-refractivity contribution in [1.29, 1.82) is 0 Å². The second-order valence-corrected chi connectivity index (χ2v) is 16.0. The zero-order valence-electron chi connectivity index (χ0n) is 32.9. The Hall–Kier alpha value is -8.14. The molecule has 0 fully saturated rings. The molecule has 10 aromatic carbocycles. The Kier molecular flexibility index (Phi) is 7.31. The van der Waals surface area contributed by atoms with Crippen molar-refractivity contribution in [3.05, 3.63) is 206 Å². The van der Waals surface area contributed by atoms with E-state index >= 15 is 0 Å². The fourth-order valence-corrected chi connectivity index (χ4v) is 9.74. The lowest BCUT2D eigenvalue weighted by Crippen LogP contribution is -1.97. The minimum Gasteiger partial charge on any atom is -0.455 e. The molecule has 2 heterocycles. The largest absolute Gasteiger partial charge is 0.455 e. The van der Waals surface area contributed by atoms with Crippen LogP contribution in [0.2, 0.25) is 0 Å². The van der Waals surface area contributed by atoms with Crippen LogP contribution in [-0.2, 0) is 0 Å². The van der Waals surface area contributed by atoms with Gasteiger partial charge in [-0.3, -0.25) is 0 Å². The van der Waals surface area contributed by atoms with Crippen molar-refractivity contribution in [2.75, 3.05) is 0 Å². The van der Waals surface area contributed by atoms with E-state index in [1.807, 2.05) is 6.07 Å². The number of hydrogen-bond acceptors (Lipinski definition) is 3. The first-order valence-electron chi connectivity index (χ1n) is 20.8. The van der Waals surface area contributed by atoms with Crippen molar-refractivity contribution in [3.63, 3.8) is 0 Å². The topological polar surface area (TPSA) is 38.9 Å². The zero-order chi connectivity index (χ0) is 40.0. The Balaban J connectivity index is 0.956. The van der Waals surface area contributed by atoms with E-state index in [2.05, 4.69) is 200 Å². The van der Waals surface area contributed by atoms with Gasteiger partial charge in [-0.25, -0.2) is 9.97 Å². The minimum absolute atomic E-state index is 0.684. The molecule has 0 spiro atoms. The van der Waals surface area contributed by atoms with Crippen LogP contribution in [0, 0.1) is 0 Å². The molecule has 0 aliphatic heterocycles.